The van der Waals surface area contributed by atoms with E-state index in [-0.39, 0.29) is 10.5 Å². The average molecular weight is 416 g/mol. The Balaban J connectivity index is 1.74. The van der Waals surface area contributed by atoms with Crippen LogP contribution in [0.2, 0.25) is 0 Å². The first-order chi connectivity index (χ1) is 13.9. The maximum absolute atomic E-state index is 12.8. The van der Waals surface area contributed by atoms with Crippen LogP contribution in [0.3, 0.4) is 0 Å². The van der Waals surface area contributed by atoms with Gasteiger partial charge in [-0.05, 0) is 61.9 Å². The second-order valence-electron chi connectivity index (χ2n) is 7.14. The number of sulfonamides is 1. The second-order valence-corrected chi connectivity index (χ2v) is 8.82. The summed E-state index contributed by atoms with van der Waals surface area (Å²) < 4.78 is 33.2. The van der Waals surface area contributed by atoms with E-state index in [0.29, 0.717) is 17.4 Å². The molecule has 2 aromatic rings. The van der Waals surface area contributed by atoms with E-state index in [0.717, 1.165) is 31.4 Å². The summed E-state index contributed by atoms with van der Waals surface area (Å²) in [6, 6.07) is 12.6. The summed E-state index contributed by atoms with van der Waals surface area (Å²) in [5, 5.41) is 4.21. The molecule has 0 heterocycles. The molecule has 0 bridgehead atoms. The third kappa shape index (κ3) is 5.35. The van der Waals surface area contributed by atoms with Crippen molar-refractivity contribution in [3.63, 3.8) is 0 Å². The normalized spacial score (nSPS) is 16.8. The van der Waals surface area contributed by atoms with Crippen LogP contribution in [0, 0.1) is 5.92 Å². The lowest BCUT2D eigenvalue weighted by Crippen LogP contribution is -2.22. The molecule has 3 rings (SSSR count). The summed E-state index contributed by atoms with van der Waals surface area (Å²) in [7, 11) is -2.42. The largest absolute Gasteiger partial charge is 0.495 e. The zero-order chi connectivity index (χ0) is 20.9. The molecule has 0 spiro atoms. The minimum atomic E-state index is -3.89. The number of nitrogens with one attached hydrogen (secondary N) is 2. The van der Waals surface area contributed by atoms with E-state index in [9.17, 15) is 13.2 Å². The zero-order valence-electron chi connectivity index (χ0n) is 16.5. The van der Waals surface area contributed by atoms with Gasteiger partial charge >= 0.3 is 0 Å². The molecule has 0 aromatic heterocycles. The summed E-state index contributed by atoms with van der Waals surface area (Å²) in [6.45, 7) is 2.21. The van der Waals surface area contributed by atoms with E-state index in [1.165, 1.54) is 25.3 Å². The Bertz CT molecular complexity index is 1010. The van der Waals surface area contributed by atoms with Gasteiger partial charge in [-0.1, -0.05) is 25.1 Å². The molecule has 29 heavy (non-hydrogen) atoms. The van der Waals surface area contributed by atoms with E-state index in [1.54, 1.807) is 30.3 Å². The Morgan fingerprint density at radius 3 is 2.55 bits per heavy atom. The number of benzene rings is 2. The predicted molar refractivity (Wildman–Crippen MR) is 113 cm³/mol. The number of hydrogen-bond donors (Lipinski definition) is 2. The maximum Gasteiger partial charge on any atom is 0.271 e. The number of anilines is 1. The molecule has 0 unspecified atom stereocenters. The number of methoxy groups -OCH3 is 1. The van der Waals surface area contributed by atoms with Crippen molar-refractivity contribution in [2.75, 3.05) is 11.8 Å². The Morgan fingerprint density at radius 1 is 1.10 bits per heavy atom. The highest BCUT2D eigenvalue weighted by molar-refractivity contribution is 7.92. The van der Waals surface area contributed by atoms with Crippen molar-refractivity contribution in [1.29, 1.82) is 0 Å². The number of para-hydroxylation sites is 2. The first-order valence-electron chi connectivity index (χ1n) is 9.50. The van der Waals surface area contributed by atoms with E-state index in [4.69, 9.17) is 4.74 Å². The molecule has 1 aliphatic carbocycles. The van der Waals surface area contributed by atoms with Gasteiger partial charge in [0.05, 0.1) is 17.7 Å². The standard InChI is InChI=1S/C21H25N3O4S/c1-15-10-12-17(13-11-15)22-23-21(25)16-6-5-7-18(14-16)29(26,27)24-19-8-3-4-9-20(19)28-2/h3-9,14-15,24H,10-13H2,1-2H3,(H,23,25). The van der Waals surface area contributed by atoms with Crippen LogP contribution in [0.1, 0.15) is 43.0 Å². The first kappa shape index (κ1) is 20.9. The fraction of sp³-hybridized carbons (Fsp3) is 0.333. The number of hydrogen-bond acceptors (Lipinski definition) is 5. The van der Waals surface area contributed by atoms with E-state index >= 15 is 0 Å². The van der Waals surface area contributed by atoms with Gasteiger partial charge in [0.1, 0.15) is 5.75 Å². The third-order valence-electron chi connectivity index (χ3n) is 4.92. The predicted octanol–water partition coefficient (Wildman–Crippen LogP) is 3.79. The van der Waals surface area contributed by atoms with Crippen LogP contribution in [0.25, 0.3) is 0 Å². The van der Waals surface area contributed by atoms with Gasteiger partial charge in [0, 0.05) is 11.3 Å². The zero-order valence-corrected chi connectivity index (χ0v) is 17.3. The molecule has 1 amide bonds. The van der Waals surface area contributed by atoms with Gasteiger partial charge in [0.15, 0.2) is 0 Å². The average Bonchev–Trinajstić information content (AvgIpc) is 2.73. The van der Waals surface area contributed by atoms with Crippen LogP contribution in [0.5, 0.6) is 5.75 Å². The number of rotatable bonds is 6. The molecule has 1 aliphatic rings. The van der Waals surface area contributed by atoms with Crippen molar-refractivity contribution < 1.29 is 17.9 Å². The molecular formula is C21H25N3O4S. The molecule has 0 atom stereocenters. The van der Waals surface area contributed by atoms with Crippen molar-refractivity contribution in [2.45, 2.75) is 37.5 Å². The van der Waals surface area contributed by atoms with Gasteiger partial charge in [0.25, 0.3) is 15.9 Å². The SMILES string of the molecule is COc1ccccc1NS(=O)(=O)c1cccc(C(=O)NN=C2CCC(C)CC2)c1. The van der Waals surface area contributed by atoms with Crippen LogP contribution in [-0.4, -0.2) is 27.1 Å². The maximum atomic E-state index is 12.8. The fourth-order valence-corrected chi connectivity index (χ4v) is 4.25. The Hall–Kier alpha value is -2.87. The van der Waals surface area contributed by atoms with Crippen molar-refractivity contribution in [2.24, 2.45) is 11.0 Å². The molecule has 0 radical (unpaired) electrons. The third-order valence-corrected chi connectivity index (χ3v) is 6.29. The summed E-state index contributed by atoms with van der Waals surface area (Å²) in [6.07, 6.45) is 3.88. The second kappa shape index (κ2) is 9.09. The molecule has 154 valence electrons. The lowest BCUT2D eigenvalue weighted by molar-refractivity contribution is 0.0954. The summed E-state index contributed by atoms with van der Waals surface area (Å²) >= 11 is 0. The Morgan fingerprint density at radius 2 is 1.83 bits per heavy atom. The molecule has 8 heteroatoms. The minimum Gasteiger partial charge on any atom is -0.495 e. The Kier molecular flexibility index (Phi) is 6.53. The summed E-state index contributed by atoms with van der Waals surface area (Å²) in [4.78, 5) is 12.4. The van der Waals surface area contributed by atoms with E-state index in [2.05, 4.69) is 22.2 Å². The number of amides is 1. The van der Waals surface area contributed by atoms with E-state index < -0.39 is 15.9 Å². The highest BCUT2D eigenvalue weighted by Crippen LogP contribution is 2.26. The van der Waals surface area contributed by atoms with Gasteiger partial charge in [-0.25, -0.2) is 13.8 Å². The van der Waals surface area contributed by atoms with Crippen LogP contribution < -0.4 is 14.9 Å². The molecule has 2 N–H and O–H groups in total. The van der Waals surface area contributed by atoms with Crippen LogP contribution in [0.15, 0.2) is 58.5 Å². The van der Waals surface area contributed by atoms with E-state index in [1.807, 2.05) is 0 Å². The Labute approximate surface area is 171 Å². The number of carbonyl (C=O) groups is 1. The van der Waals surface area contributed by atoms with Crippen molar-refractivity contribution >= 4 is 27.3 Å². The lowest BCUT2D eigenvalue weighted by Gasteiger charge is -2.18. The van der Waals surface area contributed by atoms with Gasteiger partial charge in [-0.3, -0.25) is 9.52 Å². The molecule has 7 nitrogen and oxygen atoms in total. The molecular weight excluding hydrogens is 390 g/mol. The highest BCUT2D eigenvalue weighted by atomic mass is 32.2. The van der Waals surface area contributed by atoms with Crippen LogP contribution in [0.4, 0.5) is 5.69 Å². The minimum absolute atomic E-state index is 0.0183. The number of ether oxygens (including phenoxy) is 1. The molecule has 1 fully saturated rings. The monoisotopic (exact) mass is 415 g/mol. The molecule has 1 saturated carbocycles. The van der Waals surface area contributed by atoms with Gasteiger partial charge in [0.2, 0.25) is 0 Å². The summed E-state index contributed by atoms with van der Waals surface area (Å²) in [5.74, 6) is 0.648. The highest BCUT2D eigenvalue weighted by Gasteiger charge is 2.19. The number of nitrogens with zero attached hydrogens (tertiary/aromatic N) is 1. The quantitative estimate of drug-likeness (QED) is 0.702. The van der Waals surface area contributed by atoms with Crippen molar-refractivity contribution in [3.8, 4) is 5.75 Å². The summed E-state index contributed by atoms with van der Waals surface area (Å²) in [5.41, 5.74) is 4.06. The number of carbonyl (C=O) groups excluding carboxylic acids is 1. The van der Waals surface area contributed by atoms with Crippen molar-refractivity contribution in [1.82, 2.24) is 5.43 Å². The first-order valence-corrected chi connectivity index (χ1v) is 11.0. The lowest BCUT2D eigenvalue weighted by atomic mass is 9.90. The van der Waals surface area contributed by atoms with Crippen LogP contribution >= 0.6 is 0 Å². The molecule has 0 aliphatic heterocycles. The van der Waals surface area contributed by atoms with Crippen molar-refractivity contribution in [3.05, 3.63) is 54.1 Å². The van der Waals surface area contributed by atoms with Gasteiger partial charge < -0.3 is 4.74 Å². The topological polar surface area (TPSA) is 96.9 Å². The molecule has 2 aromatic carbocycles. The van der Waals surface area contributed by atoms with Gasteiger partial charge in [-0.2, -0.15) is 5.10 Å². The number of hydrazone groups is 1. The molecule has 0 saturated heterocycles. The smallest absolute Gasteiger partial charge is 0.271 e. The fourth-order valence-electron chi connectivity index (χ4n) is 3.14. The van der Waals surface area contributed by atoms with Crippen LogP contribution in [-0.2, 0) is 10.0 Å². The van der Waals surface area contributed by atoms with Gasteiger partial charge in [-0.15, -0.1) is 0 Å².